The first kappa shape index (κ1) is 16.6. The zero-order chi connectivity index (χ0) is 15.8. The normalized spacial score (nSPS) is 27.2. The van der Waals surface area contributed by atoms with Gasteiger partial charge in [0.15, 0.2) is 5.41 Å². The third-order valence-corrected chi connectivity index (χ3v) is 3.19. The van der Waals surface area contributed by atoms with E-state index < -0.39 is 48.1 Å². The fourth-order valence-electron chi connectivity index (χ4n) is 2.22. The summed E-state index contributed by atoms with van der Waals surface area (Å²) in [6.07, 6.45) is -6.96. The van der Waals surface area contributed by atoms with Gasteiger partial charge < -0.3 is 15.2 Å². The van der Waals surface area contributed by atoms with Crippen LogP contribution in [0.15, 0.2) is 0 Å². The first-order valence-electron chi connectivity index (χ1n) is 6.17. The van der Waals surface area contributed by atoms with Crippen LogP contribution in [-0.2, 0) is 9.53 Å². The second-order valence-electron chi connectivity index (χ2n) is 5.97. The van der Waals surface area contributed by atoms with Crippen molar-refractivity contribution in [3.8, 4) is 0 Å². The fraction of sp³-hybridized carbons (Fsp3) is 0.833. The van der Waals surface area contributed by atoms with Crippen molar-refractivity contribution in [1.29, 1.82) is 0 Å². The molecule has 2 atom stereocenters. The molecular weight excluding hydrogens is 279 g/mol. The number of ether oxygens (including phenoxy) is 1. The van der Waals surface area contributed by atoms with Crippen LogP contribution < -0.4 is 5.32 Å². The van der Waals surface area contributed by atoms with Gasteiger partial charge in [0.1, 0.15) is 5.60 Å². The van der Waals surface area contributed by atoms with Crippen LogP contribution in [0.1, 0.15) is 40.0 Å². The number of carbonyl (C=O) groups excluding carboxylic acids is 1. The summed E-state index contributed by atoms with van der Waals surface area (Å²) in [5.41, 5.74) is -3.55. The number of alkyl halides is 3. The van der Waals surface area contributed by atoms with Gasteiger partial charge in [-0.1, -0.05) is 0 Å². The van der Waals surface area contributed by atoms with Crippen molar-refractivity contribution < 1.29 is 32.6 Å². The zero-order valence-corrected chi connectivity index (χ0v) is 11.5. The number of halogens is 3. The van der Waals surface area contributed by atoms with Crippen LogP contribution in [0.25, 0.3) is 0 Å². The quantitative estimate of drug-likeness (QED) is 0.821. The number of carboxylic acids is 1. The van der Waals surface area contributed by atoms with Gasteiger partial charge in [0, 0.05) is 6.04 Å². The molecule has 0 saturated heterocycles. The first-order valence-corrected chi connectivity index (χ1v) is 6.17. The van der Waals surface area contributed by atoms with Crippen LogP contribution in [0.3, 0.4) is 0 Å². The summed E-state index contributed by atoms with van der Waals surface area (Å²) in [6.45, 7) is 4.87. The molecule has 0 aromatic rings. The van der Waals surface area contributed by atoms with Gasteiger partial charge in [-0.05, 0) is 40.0 Å². The highest BCUT2D eigenvalue weighted by atomic mass is 19.4. The Balaban J connectivity index is 2.71. The van der Waals surface area contributed by atoms with Gasteiger partial charge in [0.05, 0.1) is 0 Å². The topological polar surface area (TPSA) is 75.6 Å². The lowest BCUT2D eigenvalue weighted by molar-refractivity contribution is -0.230. The number of carboxylic acid groups (broad SMARTS) is 1. The monoisotopic (exact) mass is 297 g/mol. The highest BCUT2D eigenvalue weighted by Gasteiger charge is 2.63. The van der Waals surface area contributed by atoms with Crippen molar-refractivity contribution in [2.75, 3.05) is 0 Å². The molecule has 0 heterocycles. The molecule has 2 N–H and O–H groups in total. The van der Waals surface area contributed by atoms with Crippen LogP contribution in [0.4, 0.5) is 18.0 Å². The Hall–Kier alpha value is -1.47. The summed E-state index contributed by atoms with van der Waals surface area (Å²) in [6, 6.07) is -0.859. The van der Waals surface area contributed by atoms with Gasteiger partial charge in [-0.15, -0.1) is 0 Å². The Morgan fingerprint density at radius 2 is 1.85 bits per heavy atom. The summed E-state index contributed by atoms with van der Waals surface area (Å²) in [7, 11) is 0. The van der Waals surface area contributed by atoms with Crippen LogP contribution in [0, 0.1) is 5.41 Å². The van der Waals surface area contributed by atoms with Gasteiger partial charge in [0.2, 0.25) is 0 Å². The van der Waals surface area contributed by atoms with E-state index in [0.29, 0.717) is 0 Å². The number of hydrogen-bond donors (Lipinski definition) is 2. The minimum Gasteiger partial charge on any atom is -0.481 e. The predicted octanol–water partition coefficient (Wildman–Crippen LogP) is 2.70. The van der Waals surface area contributed by atoms with Crippen molar-refractivity contribution in [2.45, 2.75) is 57.9 Å². The van der Waals surface area contributed by atoms with Gasteiger partial charge >= 0.3 is 18.2 Å². The van der Waals surface area contributed by atoms with Gasteiger partial charge in [-0.25, -0.2) is 4.79 Å². The zero-order valence-electron chi connectivity index (χ0n) is 11.5. The van der Waals surface area contributed by atoms with E-state index >= 15 is 0 Å². The summed E-state index contributed by atoms with van der Waals surface area (Å²) >= 11 is 0. The lowest BCUT2D eigenvalue weighted by Crippen LogP contribution is -2.45. The summed E-state index contributed by atoms with van der Waals surface area (Å²) in [5.74, 6) is -1.90. The van der Waals surface area contributed by atoms with Crippen LogP contribution in [0.2, 0.25) is 0 Å². The third kappa shape index (κ3) is 3.55. The summed E-state index contributed by atoms with van der Waals surface area (Å²) in [5, 5.41) is 11.2. The van der Waals surface area contributed by atoms with Crippen molar-refractivity contribution in [3.05, 3.63) is 0 Å². The molecule has 8 heteroatoms. The molecular formula is C12H18F3NO4. The number of carbonyl (C=O) groups is 2. The molecule has 20 heavy (non-hydrogen) atoms. The van der Waals surface area contributed by atoms with E-state index in [1.54, 1.807) is 20.8 Å². The molecule has 1 amide bonds. The van der Waals surface area contributed by atoms with E-state index in [1.807, 2.05) is 0 Å². The number of nitrogens with one attached hydrogen (secondary N) is 1. The Bertz CT molecular complexity index is 402. The van der Waals surface area contributed by atoms with Crippen molar-refractivity contribution in [2.24, 2.45) is 5.41 Å². The number of rotatable bonds is 2. The van der Waals surface area contributed by atoms with E-state index in [1.165, 1.54) is 0 Å². The van der Waals surface area contributed by atoms with E-state index in [9.17, 15) is 22.8 Å². The molecule has 1 aliphatic rings. The number of hydrogen-bond acceptors (Lipinski definition) is 3. The second-order valence-corrected chi connectivity index (χ2v) is 5.97. The average Bonchev–Trinajstić information content (AvgIpc) is 2.58. The molecule has 0 aliphatic heterocycles. The maximum atomic E-state index is 12.9. The molecule has 0 aromatic carbocycles. The minimum atomic E-state index is -4.84. The number of alkyl carbamates (subject to hydrolysis) is 1. The molecule has 1 fully saturated rings. The Labute approximate surface area is 114 Å². The number of aliphatic carboxylic acids is 1. The molecule has 0 radical (unpaired) electrons. The van der Waals surface area contributed by atoms with E-state index in [-0.39, 0.29) is 6.42 Å². The molecule has 1 rings (SSSR count). The Kier molecular flexibility index (Phi) is 4.26. The maximum absolute atomic E-state index is 12.9. The average molecular weight is 297 g/mol. The highest BCUT2D eigenvalue weighted by Crippen LogP contribution is 2.50. The largest absolute Gasteiger partial charge is 0.481 e. The number of amides is 1. The van der Waals surface area contributed by atoms with Crippen molar-refractivity contribution >= 4 is 12.1 Å². The molecule has 0 spiro atoms. The van der Waals surface area contributed by atoms with Gasteiger partial charge in [-0.3, -0.25) is 4.79 Å². The van der Waals surface area contributed by atoms with Crippen LogP contribution in [-0.4, -0.2) is 35.0 Å². The lowest BCUT2D eigenvalue weighted by Gasteiger charge is -2.27. The third-order valence-electron chi connectivity index (χ3n) is 3.19. The van der Waals surface area contributed by atoms with Gasteiger partial charge in [-0.2, -0.15) is 13.2 Å². The maximum Gasteiger partial charge on any atom is 0.407 e. The van der Waals surface area contributed by atoms with E-state index in [2.05, 4.69) is 5.32 Å². The molecule has 0 bridgehead atoms. The Morgan fingerprint density at radius 1 is 1.30 bits per heavy atom. The Morgan fingerprint density at radius 3 is 2.20 bits per heavy atom. The molecule has 5 nitrogen and oxygen atoms in total. The van der Waals surface area contributed by atoms with E-state index in [4.69, 9.17) is 9.84 Å². The summed E-state index contributed by atoms with van der Waals surface area (Å²) < 4.78 is 43.7. The first-order chi connectivity index (χ1) is 8.87. The molecule has 0 aromatic heterocycles. The lowest BCUT2D eigenvalue weighted by atomic mass is 9.85. The van der Waals surface area contributed by atoms with Crippen LogP contribution >= 0.6 is 0 Å². The summed E-state index contributed by atoms with van der Waals surface area (Å²) in [4.78, 5) is 22.4. The molecule has 116 valence electrons. The standard InChI is InChI=1S/C12H18F3NO4/c1-10(2,3)20-9(19)16-7-4-5-11(6-7,8(17)18)12(13,14)15/h7H,4-6H2,1-3H3,(H,16,19)(H,17,18)/t7-,11+/m1/s1. The second kappa shape index (κ2) is 5.14. The van der Waals surface area contributed by atoms with Gasteiger partial charge in [0.25, 0.3) is 0 Å². The predicted molar refractivity (Wildman–Crippen MR) is 63.1 cm³/mol. The molecule has 1 saturated carbocycles. The molecule has 1 aliphatic carbocycles. The smallest absolute Gasteiger partial charge is 0.407 e. The van der Waals surface area contributed by atoms with E-state index in [0.717, 1.165) is 0 Å². The van der Waals surface area contributed by atoms with Crippen LogP contribution in [0.5, 0.6) is 0 Å². The highest BCUT2D eigenvalue weighted by molar-refractivity contribution is 5.76. The fourth-order valence-corrected chi connectivity index (χ4v) is 2.22. The molecule has 0 unspecified atom stereocenters. The van der Waals surface area contributed by atoms with Crippen molar-refractivity contribution in [1.82, 2.24) is 5.32 Å². The van der Waals surface area contributed by atoms with Crippen molar-refractivity contribution in [3.63, 3.8) is 0 Å². The minimum absolute atomic E-state index is 0.0505. The SMILES string of the molecule is CC(C)(C)OC(=O)N[C@@H]1CC[C@](C(=O)O)(C(F)(F)F)C1.